The smallest absolute Gasteiger partial charge is 0.335 e. The van der Waals surface area contributed by atoms with E-state index in [4.69, 9.17) is 5.11 Å². The van der Waals surface area contributed by atoms with Crippen LogP contribution in [0.2, 0.25) is 0 Å². The molecular formula is C14H10N2O2. The minimum absolute atomic E-state index is 0.237. The number of aromatic carboxylic acids is 1. The molecule has 0 aliphatic carbocycles. The zero-order valence-corrected chi connectivity index (χ0v) is 9.45. The van der Waals surface area contributed by atoms with Gasteiger partial charge in [-0.1, -0.05) is 30.3 Å². The standard InChI is InChI=1S/C14H10N2O2/c17-14(18)10-6-7-11-12(8-10)16-13(15-11)9-4-2-1-3-5-9/h1-8,13H,(H,17,18)/t13-/m1/s1. The van der Waals surface area contributed by atoms with Crippen molar-refractivity contribution in [3.8, 4) is 0 Å². The number of benzene rings is 2. The molecule has 0 saturated heterocycles. The maximum Gasteiger partial charge on any atom is 0.335 e. The number of hydrogen-bond acceptors (Lipinski definition) is 3. The summed E-state index contributed by atoms with van der Waals surface area (Å²) in [6.07, 6.45) is -0.259. The molecule has 0 radical (unpaired) electrons. The zero-order chi connectivity index (χ0) is 12.5. The van der Waals surface area contributed by atoms with Gasteiger partial charge in [-0.2, -0.15) is 0 Å². The number of nitrogens with zero attached hydrogens (tertiary/aromatic N) is 2. The zero-order valence-electron chi connectivity index (χ0n) is 9.45. The van der Waals surface area contributed by atoms with E-state index in [-0.39, 0.29) is 11.7 Å². The Morgan fingerprint density at radius 2 is 1.72 bits per heavy atom. The SMILES string of the molecule is O=C(O)c1ccc2c(c1)=N[C@H](c1ccccc1)N=2. The van der Waals surface area contributed by atoms with Crippen molar-refractivity contribution in [1.29, 1.82) is 0 Å². The topological polar surface area (TPSA) is 62.0 Å². The molecule has 1 heterocycles. The van der Waals surface area contributed by atoms with Crippen LogP contribution in [0.15, 0.2) is 58.5 Å². The molecule has 2 aromatic rings. The third kappa shape index (κ3) is 1.78. The van der Waals surface area contributed by atoms with Gasteiger partial charge >= 0.3 is 5.97 Å². The van der Waals surface area contributed by atoms with E-state index < -0.39 is 5.97 Å². The highest BCUT2D eigenvalue weighted by Gasteiger charge is 2.13. The lowest BCUT2D eigenvalue weighted by atomic mass is 10.2. The van der Waals surface area contributed by atoms with Crippen LogP contribution in [0.4, 0.5) is 0 Å². The maximum absolute atomic E-state index is 10.9. The van der Waals surface area contributed by atoms with Crippen LogP contribution >= 0.6 is 0 Å². The van der Waals surface area contributed by atoms with Crippen molar-refractivity contribution in [2.24, 2.45) is 9.98 Å². The quantitative estimate of drug-likeness (QED) is 0.858. The van der Waals surface area contributed by atoms with Crippen LogP contribution in [0.3, 0.4) is 0 Å². The van der Waals surface area contributed by atoms with Crippen molar-refractivity contribution >= 4 is 5.97 Å². The van der Waals surface area contributed by atoms with Gasteiger partial charge in [-0.3, -0.25) is 9.98 Å². The van der Waals surface area contributed by atoms with Crippen LogP contribution in [0, 0.1) is 0 Å². The van der Waals surface area contributed by atoms with Gasteiger partial charge in [0.1, 0.15) is 0 Å². The van der Waals surface area contributed by atoms with E-state index in [0.717, 1.165) is 10.9 Å². The van der Waals surface area contributed by atoms with E-state index in [1.165, 1.54) is 0 Å². The molecule has 1 aliphatic heterocycles. The first-order valence-electron chi connectivity index (χ1n) is 5.58. The number of carbonyl (C=O) groups is 1. The van der Waals surface area contributed by atoms with Gasteiger partial charge in [0.25, 0.3) is 0 Å². The average Bonchev–Trinajstić information content (AvgIpc) is 2.82. The summed E-state index contributed by atoms with van der Waals surface area (Å²) in [5.74, 6) is -0.948. The number of fused-ring (bicyclic) bond motifs is 1. The van der Waals surface area contributed by atoms with E-state index in [1.807, 2.05) is 30.3 Å². The molecule has 2 aromatic carbocycles. The van der Waals surface area contributed by atoms with Gasteiger partial charge in [0.2, 0.25) is 0 Å². The number of carboxylic acid groups (broad SMARTS) is 1. The molecule has 88 valence electrons. The van der Waals surface area contributed by atoms with Crippen molar-refractivity contribution < 1.29 is 9.90 Å². The van der Waals surface area contributed by atoms with Gasteiger partial charge in [-0.15, -0.1) is 0 Å². The monoisotopic (exact) mass is 238 g/mol. The summed E-state index contributed by atoms with van der Waals surface area (Å²) in [5.41, 5.74) is 1.24. The number of carboxylic acids is 1. The highest BCUT2D eigenvalue weighted by molar-refractivity contribution is 5.87. The molecule has 0 fully saturated rings. The van der Waals surface area contributed by atoms with Crippen LogP contribution in [0.5, 0.6) is 0 Å². The first kappa shape index (κ1) is 10.7. The fraction of sp³-hybridized carbons (Fsp3) is 0.0714. The molecule has 1 atom stereocenters. The molecule has 1 N–H and O–H groups in total. The Labute approximate surface area is 103 Å². The van der Waals surface area contributed by atoms with Gasteiger partial charge in [0.15, 0.2) is 6.17 Å². The molecule has 1 aliphatic rings. The average molecular weight is 238 g/mol. The Morgan fingerprint density at radius 3 is 2.44 bits per heavy atom. The summed E-state index contributed by atoms with van der Waals surface area (Å²) in [6, 6.07) is 14.5. The van der Waals surface area contributed by atoms with Gasteiger partial charge in [0.05, 0.1) is 16.3 Å². The second-order valence-electron chi connectivity index (χ2n) is 4.05. The van der Waals surface area contributed by atoms with Crippen LogP contribution in [-0.2, 0) is 0 Å². The van der Waals surface area contributed by atoms with Gasteiger partial charge in [-0.25, -0.2) is 4.79 Å². The largest absolute Gasteiger partial charge is 0.478 e. The van der Waals surface area contributed by atoms with Crippen molar-refractivity contribution in [2.45, 2.75) is 6.17 Å². The highest BCUT2D eigenvalue weighted by atomic mass is 16.4. The second-order valence-corrected chi connectivity index (χ2v) is 4.05. The van der Waals surface area contributed by atoms with Crippen molar-refractivity contribution in [3.05, 3.63) is 70.4 Å². The fourth-order valence-electron chi connectivity index (χ4n) is 1.94. The molecule has 3 rings (SSSR count). The summed E-state index contributed by atoms with van der Waals surface area (Å²) in [7, 11) is 0. The molecule has 0 bridgehead atoms. The van der Waals surface area contributed by atoms with E-state index in [0.29, 0.717) is 5.36 Å². The summed E-state index contributed by atoms with van der Waals surface area (Å²) >= 11 is 0. The Hall–Kier alpha value is -2.49. The maximum atomic E-state index is 10.9. The molecule has 0 saturated carbocycles. The van der Waals surface area contributed by atoms with E-state index >= 15 is 0 Å². The predicted octanol–water partition coefficient (Wildman–Crippen LogP) is 1.34. The summed E-state index contributed by atoms with van der Waals surface area (Å²) in [6.45, 7) is 0. The molecule has 4 heteroatoms. The lowest BCUT2D eigenvalue weighted by molar-refractivity contribution is 0.0696. The predicted molar refractivity (Wildman–Crippen MR) is 64.9 cm³/mol. The van der Waals surface area contributed by atoms with Crippen LogP contribution < -0.4 is 10.7 Å². The number of hydrogen-bond donors (Lipinski definition) is 1. The molecule has 18 heavy (non-hydrogen) atoms. The minimum atomic E-state index is -0.948. The van der Waals surface area contributed by atoms with Crippen molar-refractivity contribution in [3.63, 3.8) is 0 Å². The van der Waals surface area contributed by atoms with Crippen molar-refractivity contribution in [1.82, 2.24) is 0 Å². The van der Waals surface area contributed by atoms with Gasteiger partial charge in [-0.05, 0) is 23.8 Å². The lowest BCUT2D eigenvalue weighted by Crippen LogP contribution is -2.22. The summed E-state index contributed by atoms with van der Waals surface area (Å²) < 4.78 is 0. The Balaban J connectivity index is 2.08. The Morgan fingerprint density at radius 1 is 1.00 bits per heavy atom. The normalized spacial score (nSPS) is 16.6. The summed E-state index contributed by atoms with van der Waals surface area (Å²) in [4.78, 5) is 19.8. The molecule has 0 unspecified atom stereocenters. The van der Waals surface area contributed by atoms with Crippen LogP contribution in [0.25, 0.3) is 0 Å². The lowest BCUT2D eigenvalue weighted by Gasteiger charge is -2.02. The molecule has 0 aromatic heterocycles. The van der Waals surface area contributed by atoms with Gasteiger partial charge in [0, 0.05) is 0 Å². The first-order valence-corrected chi connectivity index (χ1v) is 5.58. The highest BCUT2D eigenvalue weighted by Crippen LogP contribution is 2.18. The second kappa shape index (κ2) is 4.07. The van der Waals surface area contributed by atoms with Crippen LogP contribution in [0.1, 0.15) is 22.1 Å². The third-order valence-corrected chi connectivity index (χ3v) is 2.84. The van der Waals surface area contributed by atoms with Crippen LogP contribution in [-0.4, -0.2) is 11.1 Å². The third-order valence-electron chi connectivity index (χ3n) is 2.84. The molecule has 0 amide bonds. The summed E-state index contributed by atoms with van der Waals surface area (Å²) in [5, 5.41) is 10.3. The van der Waals surface area contributed by atoms with E-state index in [2.05, 4.69) is 9.98 Å². The minimum Gasteiger partial charge on any atom is -0.478 e. The number of rotatable bonds is 2. The van der Waals surface area contributed by atoms with E-state index in [9.17, 15) is 4.79 Å². The van der Waals surface area contributed by atoms with Gasteiger partial charge < -0.3 is 5.11 Å². The van der Waals surface area contributed by atoms with Crippen molar-refractivity contribution in [2.75, 3.05) is 0 Å². The van der Waals surface area contributed by atoms with E-state index in [1.54, 1.807) is 18.2 Å². The fourth-order valence-corrected chi connectivity index (χ4v) is 1.94. The first-order chi connectivity index (χ1) is 8.74. The molecule has 4 nitrogen and oxygen atoms in total. The molecule has 0 spiro atoms. The molecular weight excluding hydrogens is 228 g/mol. The Bertz CT molecular complexity index is 723. The Kier molecular flexibility index (Phi) is 2.41.